The maximum atomic E-state index is 13.0. The maximum Gasteiger partial charge on any atom is 0.437 e. The van der Waals surface area contributed by atoms with Gasteiger partial charge in [-0.05, 0) is 19.9 Å². The van der Waals surface area contributed by atoms with Crippen LogP contribution in [0.5, 0.6) is 0 Å². The van der Waals surface area contributed by atoms with Crippen LogP contribution in [0.25, 0.3) is 0 Å². The largest absolute Gasteiger partial charge is 0.437 e. The quantitative estimate of drug-likeness (QED) is 0.916. The number of alkyl halides is 3. The highest BCUT2D eigenvalue weighted by Crippen LogP contribution is 2.38. The molecule has 5 nitrogen and oxygen atoms in total. The normalized spacial score (nSPS) is 11.8. The molecule has 120 valence electrons. The predicted molar refractivity (Wildman–Crippen MR) is 76.1 cm³/mol. The number of anilines is 1. The highest BCUT2D eigenvalue weighted by atomic mass is 35.5. The first-order valence-electron chi connectivity index (χ1n) is 6.28. The number of rotatable bonds is 2. The van der Waals surface area contributed by atoms with Crippen molar-refractivity contribution in [2.75, 3.05) is 5.32 Å². The molecule has 0 aromatic carbocycles. The average molecular weight is 335 g/mol. The molecule has 2 rings (SSSR count). The molecule has 0 fully saturated rings. The summed E-state index contributed by atoms with van der Waals surface area (Å²) in [5, 5.41) is 5.24. The Morgan fingerprint density at radius 1 is 1.32 bits per heavy atom. The molecular formula is C13H14ClF3N4O. The number of amides is 1. The summed E-state index contributed by atoms with van der Waals surface area (Å²) in [7, 11) is 3.03. The minimum atomic E-state index is -4.71. The number of aryl methyl sites for hydroxylation is 2. The molecule has 0 bridgehead atoms. The first kappa shape index (κ1) is 16.4. The van der Waals surface area contributed by atoms with Crippen molar-refractivity contribution < 1.29 is 18.0 Å². The fraction of sp³-hybridized carbons (Fsp3) is 0.385. The van der Waals surface area contributed by atoms with E-state index in [9.17, 15) is 18.0 Å². The fourth-order valence-electron chi connectivity index (χ4n) is 2.08. The van der Waals surface area contributed by atoms with Crippen LogP contribution in [-0.4, -0.2) is 20.3 Å². The standard InChI is InChI=1S/C13H14ClF3N4O/c1-6-5-8(7(2)20(6)3)12(22)18-9-10(13(15,16)17)19-21(4)11(9)14/h5H,1-4H3,(H,18,22). The molecule has 0 spiro atoms. The highest BCUT2D eigenvalue weighted by Gasteiger charge is 2.39. The van der Waals surface area contributed by atoms with Gasteiger partial charge in [0.05, 0.1) is 5.56 Å². The zero-order valence-electron chi connectivity index (χ0n) is 12.3. The van der Waals surface area contributed by atoms with Crippen LogP contribution >= 0.6 is 11.6 Å². The first-order valence-corrected chi connectivity index (χ1v) is 6.65. The fourth-order valence-corrected chi connectivity index (χ4v) is 2.25. The summed E-state index contributed by atoms with van der Waals surface area (Å²) in [5.41, 5.74) is -0.0196. The zero-order chi connectivity index (χ0) is 16.8. The van der Waals surface area contributed by atoms with Crippen LogP contribution in [0.15, 0.2) is 6.07 Å². The SMILES string of the molecule is Cc1cc(C(=O)Nc2c(C(F)(F)F)nn(C)c2Cl)c(C)n1C. The van der Waals surface area contributed by atoms with Gasteiger partial charge in [0.25, 0.3) is 5.91 Å². The van der Waals surface area contributed by atoms with Gasteiger partial charge in [0.15, 0.2) is 10.8 Å². The number of nitrogens with zero attached hydrogens (tertiary/aromatic N) is 3. The molecule has 1 N–H and O–H groups in total. The second-order valence-electron chi connectivity index (χ2n) is 4.93. The molecule has 2 aromatic heterocycles. The van der Waals surface area contributed by atoms with E-state index in [1.807, 2.05) is 0 Å². The zero-order valence-corrected chi connectivity index (χ0v) is 13.1. The molecule has 2 aromatic rings. The molecule has 0 atom stereocenters. The Labute approximate surface area is 129 Å². The van der Waals surface area contributed by atoms with Crippen LogP contribution in [0.1, 0.15) is 27.4 Å². The van der Waals surface area contributed by atoms with Gasteiger partial charge >= 0.3 is 6.18 Å². The van der Waals surface area contributed by atoms with Crippen molar-refractivity contribution in [1.29, 1.82) is 0 Å². The number of hydrogen-bond acceptors (Lipinski definition) is 2. The van der Waals surface area contributed by atoms with E-state index in [2.05, 4.69) is 10.4 Å². The Kier molecular flexibility index (Phi) is 3.99. The van der Waals surface area contributed by atoms with Crippen molar-refractivity contribution in [3.63, 3.8) is 0 Å². The topological polar surface area (TPSA) is 51.9 Å². The number of hydrogen-bond donors (Lipinski definition) is 1. The van der Waals surface area contributed by atoms with Crippen molar-refractivity contribution >= 4 is 23.2 Å². The summed E-state index contributed by atoms with van der Waals surface area (Å²) in [6.45, 7) is 3.50. The van der Waals surface area contributed by atoms with Gasteiger partial charge < -0.3 is 9.88 Å². The lowest BCUT2D eigenvalue weighted by Gasteiger charge is -2.08. The second-order valence-corrected chi connectivity index (χ2v) is 5.29. The summed E-state index contributed by atoms with van der Waals surface area (Å²) in [5.74, 6) is -0.665. The summed E-state index contributed by atoms with van der Waals surface area (Å²) in [6.07, 6.45) is -4.71. The molecule has 0 unspecified atom stereocenters. The molecule has 0 saturated carbocycles. The highest BCUT2D eigenvalue weighted by molar-refractivity contribution is 6.33. The number of aromatic nitrogens is 3. The van der Waals surface area contributed by atoms with Gasteiger partial charge in [0.1, 0.15) is 5.69 Å². The third-order valence-electron chi connectivity index (χ3n) is 3.50. The summed E-state index contributed by atoms with van der Waals surface area (Å²) in [6, 6.07) is 1.60. The van der Waals surface area contributed by atoms with Crippen molar-refractivity contribution in [3.05, 3.63) is 33.9 Å². The Morgan fingerprint density at radius 3 is 2.36 bits per heavy atom. The molecule has 1 amide bonds. The number of halogens is 4. The lowest BCUT2D eigenvalue weighted by atomic mass is 10.2. The third kappa shape index (κ3) is 2.70. The summed E-state index contributed by atoms with van der Waals surface area (Å²) >= 11 is 5.81. The number of carbonyl (C=O) groups excluding carboxylic acids is 1. The molecule has 0 aliphatic rings. The van der Waals surface area contributed by atoms with Gasteiger partial charge in [-0.25, -0.2) is 0 Å². The van der Waals surface area contributed by atoms with Crippen LogP contribution < -0.4 is 5.32 Å². The lowest BCUT2D eigenvalue weighted by Crippen LogP contribution is -2.17. The van der Waals surface area contributed by atoms with E-state index in [4.69, 9.17) is 11.6 Å². The molecule has 9 heteroatoms. The van der Waals surface area contributed by atoms with E-state index in [0.29, 0.717) is 5.69 Å². The number of carbonyl (C=O) groups is 1. The molecule has 0 radical (unpaired) electrons. The van der Waals surface area contributed by atoms with E-state index in [1.54, 1.807) is 31.5 Å². The van der Waals surface area contributed by atoms with Crippen LogP contribution in [0.2, 0.25) is 5.15 Å². The Balaban J connectivity index is 2.43. The monoisotopic (exact) mass is 334 g/mol. The van der Waals surface area contributed by atoms with Crippen molar-refractivity contribution in [2.45, 2.75) is 20.0 Å². The minimum absolute atomic E-state index is 0.285. The van der Waals surface area contributed by atoms with Crippen LogP contribution in [0, 0.1) is 13.8 Å². The second kappa shape index (κ2) is 5.35. The van der Waals surface area contributed by atoms with Crippen molar-refractivity contribution in [3.8, 4) is 0 Å². The molecule has 0 aliphatic heterocycles. The molecule has 22 heavy (non-hydrogen) atoms. The van der Waals surface area contributed by atoms with Crippen molar-refractivity contribution in [2.24, 2.45) is 14.1 Å². The lowest BCUT2D eigenvalue weighted by molar-refractivity contribution is -0.140. The minimum Gasteiger partial charge on any atom is -0.351 e. The van der Waals surface area contributed by atoms with Gasteiger partial charge in [-0.2, -0.15) is 18.3 Å². The Morgan fingerprint density at radius 2 is 1.91 bits per heavy atom. The Hall–Kier alpha value is -1.96. The first-order chi connectivity index (χ1) is 10.0. The van der Waals surface area contributed by atoms with Gasteiger partial charge in [0.2, 0.25) is 0 Å². The smallest absolute Gasteiger partial charge is 0.351 e. The van der Waals surface area contributed by atoms with Gasteiger partial charge in [-0.3, -0.25) is 9.48 Å². The molecule has 0 aliphatic carbocycles. The van der Waals surface area contributed by atoms with E-state index in [-0.39, 0.29) is 10.7 Å². The third-order valence-corrected chi connectivity index (χ3v) is 3.94. The predicted octanol–water partition coefficient (Wildman–Crippen LogP) is 3.30. The summed E-state index contributed by atoms with van der Waals surface area (Å²) in [4.78, 5) is 12.3. The van der Waals surface area contributed by atoms with E-state index in [1.165, 1.54) is 7.05 Å². The Bertz CT molecular complexity index is 746. The summed E-state index contributed by atoms with van der Waals surface area (Å²) < 4.78 is 41.5. The van der Waals surface area contributed by atoms with Crippen LogP contribution in [0.3, 0.4) is 0 Å². The van der Waals surface area contributed by atoms with Gasteiger partial charge in [0, 0.05) is 25.5 Å². The number of nitrogens with one attached hydrogen (secondary N) is 1. The molecule has 2 heterocycles. The average Bonchev–Trinajstić information content (AvgIpc) is 2.83. The van der Waals surface area contributed by atoms with Crippen molar-refractivity contribution in [1.82, 2.24) is 14.3 Å². The molecule has 0 saturated heterocycles. The molecular weight excluding hydrogens is 321 g/mol. The van der Waals surface area contributed by atoms with Gasteiger partial charge in [-0.1, -0.05) is 11.6 Å². The van der Waals surface area contributed by atoms with E-state index in [0.717, 1.165) is 10.4 Å². The van der Waals surface area contributed by atoms with Crippen LogP contribution in [-0.2, 0) is 20.3 Å². The maximum absolute atomic E-state index is 13.0. The van der Waals surface area contributed by atoms with Crippen LogP contribution in [0.4, 0.5) is 18.9 Å². The van der Waals surface area contributed by atoms with E-state index < -0.39 is 23.5 Å². The van der Waals surface area contributed by atoms with E-state index >= 15 is 0 Å². The van der Waals surface area contributed by atoms with Gasteiger partial charge in [-0.15, -0.1) is 0 Å².